The molecule has 0 aliphatic rings. The van der Waals surface area contributed by atoms with Gasteiger partial charge in [-0.15, -0.1) is 5.10 Å². The maximum Gasteiger partial charge on any atom is 0.291 e. The summed E-state index contributed by atoms with van der Waals surface area (Å²) in [7, 11) is 1.63. The molecule has 0 saturated carbocycles. The number of amides is 1. The predicted octanol–water partition coefficient (Wildman–Crippen LogP) is 0.497. The molecule has 0 unspecified atom stereocenters. The van der Waals surface area contributed by atoms with Gasteiger partial charge in [0.25, 0.3) is 5.91 Å². The zero-order valence-electron chi connectivity index (χ0n) is 11.6. The Balaban J connectivity index is 1.78. The molecule has 1 amide bonds. The number of hydrogen-bond acceptors (Lipinski definition) is 5. The maximum atomic E-state index is 11.7. The van der Waals surface area contributed by atoms with Crippen molar-refractivity contribution in [2.75, 3.05) is 6.54 Å². The van der Waals surface area contributed by atoms with Crippen LogP contribution in [0.5, 0.6) is 0 Å². The first-order valence-corrected chi connectivity index (χ1v) is 6.58. The van der Waals surface area contributed by atoms with Crippen molar-refractivity contribution < 1.29 is 4.79 Å². The van der Waals surface area contributed by atoms with Crippen LogP contribution in [0.1, 0.15) is 28.7 Å². The molecule has 0 aliphatic carbocycles. The fourth-order valence-corrected chi connectivity index (χ4v) is 1.86. The van der Waals surface area contributed by atoms with E-state index in [0.29, 0.717) is 13.1 Å². The standard InChI is InChI=1S/C11H16ClN7O/c1-7-14-8(2)19(16-7)6-4-5-13-10(20)9-15-11(12)18(3)17-9/h4-6H2,1-3H3,(H,13,20). The third-order valence-electron chi connectivity index (χ3n) is 2.71. The summed E-state index contributed by atoms with van der Waals surface area (Å²) in [6, 6.07) is 0. The second kappa shape index (κ2) is 6.00. The average Bonchev–Trinajstić information content (AvgIpc) is 2.88. The lowest BCUT2D eigenvalue weighted by Crippen LogP contribution is -2.26. The number of carbonyl (C=O) groups is 1. The summed E-state index contributed by atoms with van der Waals surface area (Å²) in [5.41, 5.74) is 0. The Kier molecular flexibility index (Phi) is 4.33. The van der Waals surface area contributed by atoms with Gasteiger partial charge in [-0.1, -0.05) is 0 Å². The number of rotatable bonds is 5. The van der Waals surface area contributed by atoms with Gasteiger partial charge in [-0.05, 0) is 31.9 Å². The minimum Gasteiger partial charge on any atom is -0.349 e. The maximum absolute atomic E-state index is 11.7. The van der Waals surface area contributed by atoms with E-state index in [1.165, 1.54) is 4.68 Å². The zero-order valence-corrected chi connectivity index (χ0v) is 12.3. The summed E-state index contributed by atoms with van der Waals surface area (Å²) in [6.07, 6.45) is 0.746. The summed E-state index contributed by atoms with van der Waals surface area (Å²) in [4.78, 5) is 19.8. The summed E-state index contributed by atoms with van der Waals surface area (Å²) in [5, 5.41) is 11.1. The number of aromatic nitrogens is 6. The molecule has 8 nitrogen and oxygen atoms in total. The van der Waals surface area contributed by atoms with Crippen LogP contribution in [0.25, 0.3) is 0 Å². The Morgan fingerprint density at radius 3 is 2.60 bits per heavy atom. The minimum absolute atomic E-state index is 0.0743. The van der Waals surface area contributed by atoms with E-state index in [2.05, 4.69) is 25.5 Å². The van der Waals surface area contributed by atoms with Crippen LogP contribution in [0.4, 0.5) is 0 Å². The van der Waals surface area contributed by atoms with Gasteiger partial charge in [-0.2, -0.15) is 10.1 Å². The highest BCUT2D eigenvalue weighted by Crippen LogP contribution is 2.03. The molecular formula is C11H16ClN7O. The van der Waals surface area contributed by atoms with Gasteiger partial charge in [-0.3, -0.25) is 9.48 Å². The van der Waals surface area contributed by atoms with Crippen LogP contribution in [0.2, 0.25) is 5.28 Å². The van der Waals surface area contributed by atoms with E-state index < -0.39 is 0 Å². The summed E-state index contributed by atoms with van der Waals surface area (Å²) >= 11 is 5.73. The van der Waals surface area contributed by atoms with E-state index in [0.717, 1.165) is 18.1 Å². The molecular weight excluding hydrogens is 282 g/mol. The Morgan fingerprint density at radius 2 is 2.05 bits per heavy atom. The first kappa shape index (κ1) is 14.4. The monoisotopic (exact) mass is 297 g/mol. The molecule has 2 aromatic rings. The van der Waals surface area contributed by atoms with Gasteiger partial charge >= 0.3 is 0 Å². The quantitative estimate of drug-likeness (QED) is 0.812. The second-order valence-corrected chi connectivity index (χ2v) is 4.70. The molecule has 0 saturated heterocycles. The molecule has 2 aromatic heterocycles. The highest BCUT2D eigenvalue weighted by molar-refractivity contribution is 6.28. The molecule has 0 spiro atoms. The number of aryl methyl sites for hydroxylation is 4. The normalized spacial score (nSPS) is 10.8. The van der Waals surface area contributed by atoms with Crippen LogP contribution < -0.4 is 5.32 Å². The summed E-state index contributed by atoms with van der Waals surface area (Å²) in [5.74, 6) is 1.36. The molecule has 2 heterocycles. The van der Waals surface area contributed by atoms with Gasteiger partial charge in [-0.25, -0.2) is 9.67 Å². The van der Waals surface area contributed by atoms with E-state index >= 15 is 0 Å². The molecule has 0 atom stereocenters. The van der Waals surface area contributed by atoms with Crippen molar-refractivity contribution in [3.05, 3.63) is 22.8 Å². The number of carbonyl (C=O) groups excluding carboxylic acids is 1. The molecule has 2 rings (SSSR count). The van der Waals surface area contributed by atoms with Crippen molar-refractivity contribution >= 4 is 17.5 Å². The highest BCUT2D eigenvalue weighted by Gasteiger charge is 2.13. The van der Waals surface area contributed by atoms with Crippen LogP contribution in [0, 0.1) is 13.8 Å². The number of hydrogen-bond donors (Lipinski definition) is 1. The van der Waals surface area contributed by atoms with Gasteiger partial charge in [0, 0.05) is 20.1 Å². The van der Waals surface area contributed by atoms with Crippen molar-refractivity contribution in [1.82, 2.24) is 34.8 Å². The van der Waals surface area contributed by atoms with Crippen LogP contribution >= 0.6 is 11.6 Å². The van der Waals surface area contributed by atoms with Crippen LogP contribution in [-0.2, 0) is 13.6 Å². The molecule has 0 aromatic carbocycles. The van der Waals surface area contributed by atoms with Gasteiger partial charge in [0.15, 0.2) is 0 Å². The third-order valence-corrected chi connectivity index (χ3v) is 3.04. The number of halogens is 1. The van der Waals surface area contributed by atoms with E-state index in [1.54, 1.807) is 7.05 Å². The third kappa shape index (κ3) is 3.32. The number of nitrogens with zero attached hydrogens (tertiary/aromatic N) is 6. The summed E-state index contributed by atoms with van der Waals surface area (Å²) < 4.78 is 3.16. The molecule has 0 aliphatic heterocycles. The molecule has 0 bridgehead atoms. The molecule has 20 heavy (non-hydrogen) atoms. The van der Waals surface area contributed by atoms with Crippen molar-refractivity contribution in [3.63, 3.8) is 0 Å². The lowest BCUT2D eigenvalue weighted by molar-refractivity contribution is 0.0942. The Morgan fingerprint density at radius 1 is 1.30 bits per heavy atom. The Labute approximate surface area is 121 Å². The van der Waals surface area contributed by atoms with E-state index in [1.807, 2.05) is 18.5 Å². The smallest absolute Gasteiger partial charge is 0.291 e. The highest BCUT2D eigenvalue weighted by atomic mass is 35.5. The fraction of sp³-hybridized carbons (Fsp3) is 0.545. The van der Waals surface area contributed by atoms with Gasteiger partial charge in [0.1, 0.15) is 11.6 Å². The first-order chi connectivity index (χ1) is 9.47. The van der Waals surface area contributed by atoms with Gasteiger partial charge in [0.2, 0.25) is 11.1 Å². The first-order valence-electron chi connectivity index (χ1n) is 6.20. The van der Waals surface area contributed by atoms with Crippen molar-refractivity contribution in [1.29, 1.82) is 0 Å². The average molecular weight is 298 g/mol. The lowest BCUT2D eigenvalue weighted by Gasteiger charge is -2.04. The van der Waals surface area contributed by atoms with E-state index in [9.17, 15) is 4.79 Å². The van der Waals surface area contributed by atoms with Crippen molar-refractivity contribution in [3.8, 4) is 0 Å². The van der Waals surface area contributed by atoms with E-state index in [-0.39, 0.29) is 17.0 Å². The minimum atomic E-state index is -0.334. The largest absolute Gasteiger partial charge is 0.349 e. The topological polar surface area (TPSA) is 90.5 Å². The second-order valence-electron chi connectivity index (χ2n) is 4.37. The fourth-order valence-electron chi connectivity index (χ4n) is 1.74. The van der Waals surface area contributed by atoms with E-state index in [4.69, 9.17) is 11.6 Å². The van der Waals surface area contributed by atoms with Crippen LogP contribution in [0.15, 0.2) is 0 Å². The van der Waals surface area contributed by atoms with Crippen LogP contribution in [-0.4, -0.2) is 42.0 Å². The molecule has 0 radical (unpaired) electrons. The van der Waals surface area contributed by atoms with Crippen molar-refractivity contribution in [2.24, 2.45) is 7.05 Å². The Bertz CT molecular complexity index is 599. The SMILES string of the molecule is Cc1nc(C)n(CCCNC(=O)c2nc(Cl)n(C)n2)n1. The zero-order chi connectivity index (χ0) is 14.7. The number of nitrogens with one attached hydrogen (secondary N) is 1. The molecule has 0 fully saturated rings. The van der Waals surface area contributed by atoms with Gasteiger partial charge in [0.05, 0.1) is 0 Å². The Hall–Kier alpha value is -1.96. The predicted molar refractivity (Wildman–Crippen MR) is 72.5 cm³/mol. The van der Waals surface area contributed by atoms with Gasteiger partial charge < -0.3 is 5.32 Å². The molecule has 108 valence electrons. The van der Waals surface area contributed by atoms with Crippen molar-refractivity contribution in [2.45, 2.75) is 26.8 Å². The summed E-state index contributed by atoms with van der Waals surface area (Å²) in [6.45, 7) is 4.95. The van der Waals surface area contributed by atoms with Crippen LogP contribution in [0.3, 0.4) is 0 Å². The molecule has 9 heteroatoms. The lowest BCUT2D eigenvalue weighted by atomic mass is 10.4. The molecule has 1 N–H and O–H groups in total.